The molecule has 5 aromatic carbocycles. The van der Waals surface area contributed by atoms with Crippen LogP contribution in [0.4, 0.5) is 5.69 Å². The molecule has 0 unspecified atom stereocenters. The van der Waals surface area contributed by atoms with Crippen molar-refractivity contribution < 1.29 is 4.74 Å². The van der Waals surface area contributed by atoms with Crippen molar-refractivity contribution in [3.05, 3.63) is 157 Å². The highest BCUT2D eigenvalue weighted by Crippen LogP contribution is 2.43. The third-order valence-electron chi connectivity index (χ3n) is 10.4. The van der Waals surface area contributed by atoms with Crippen molar-refractivity contribution in [2.24, 2.45) is 0 Å². The van der Waals surface area contributed by atoms with E-state index >= 15 is 0 Å². The predicted octanol–water partition coefficient (Wildman–Crippen LogP) is 11.3. The van der Waals surface area contributed by atoms with E-state index in [1.54, 1.807) is 0 Å². The van der Waals surface area contributed by atoms with E-state index in [0.717, 1.165) is 56.7 Å². The normalized spacial score (nSPS) is 13.0. The van der Waals surface area contributed by atoms with Gasteiger partial charge in [0.05, 0.1) is 23.3 Å². The Morgan fingerprint density at radius 2 is 1.30 bits per heavy atom. The second-order valence-electron chi connectivity index (χ2n) is 15.7. The average molecular weight is 734 g/mol. The lowest BCUT2D eigenvalue weighted by molar-refractivity contribution is 0.482. The predicted molar refractivity (Wildman–Crippen MR) is 227 cm³/mol. The van der Waals surface area contributed by atoms with E-state index in [0.29, 0.717) is 29.0 Å². The van der Waals surface area contributed by atoms with Crippen molar-refractivity contribution in [2.75, 3.05) is 18.6 Å². The van der Waals surface area contributed by atoms with Crippen LogP contribution in [0.3, 0.4) is 0 Å². The third-order valence-corrected chi connectivity index (χ3v) is 10.4. The quantitative estimate of drug-likeness (QED) is 0.161. The Morgan fingerprint density at radius 1 is 0.625 bits per heavy atom. The minimum Gasteiger partial charge on any atom is -0.456 e. The van der Waals surface area contributed by atoms with Crippen LogP contribution in [0.2, 0.25) is 0 Å². The summed E-state index contributed by atoms with van der Waals surface area (Å²) >= 11 is 0. The van der Waals surface area contributed by atoms with Gasteiger partial charge in [0.2, 0.25) is 0 Å². The van der Waals surface area contributed by atoms with Crippen LogP contribution in [-0.4, -0.2) is 43.1 Å². The van der Waals surface area contributed by atoms with Gasteiger partial charge in [-0.1, -0.05) is 98.6 Å². The minimum atomic E-state index is -0.0517. The average Bonchev–Trinajstić information content (AvgIpc) is 3.78. The molecular formula is C48H43N7O. The molecule has 0 fully saturated rings. The van der Waals surface area contributed by atoms with Crippen LogP contribution < -0.4 is 9.64 Å². The molecule has 0 N–H and O–H groups in total. The van der Waals surface area contributed by atoms with Crippen LogP contribution in [0, 0.1) is 13.8 Å². The van der Waals surface area contributed by atoms with Crippen LogP contribution in [0.25, 0.3) is 61.8 Å². The Labute approximate surface area is 327 Å². The Bertz CT molecular complexity index is 2700. The summed E-state index contributed by atoms with van der Waals surface area (Å²) in [5, 5.41) is 2.16. The fraction of sp³-hybridized carbons (Fsp3) is 0.167. The van der Waals surface area contributed by atoms with Gasteiger partial charge >= 0.3 is 0 Å². The van der Waals surface area contributed by atoms with Crippen molar-refractivity contribution in [3.8, 4) is 51.5 Å². The van der Waals surface area contributed by atoms with Crippen molar-refractivity contribution in [2.45, 2.75) is 40.0 Å². The molecule has 1 aliphatic heterocycles. The number of anilines is 1. The number of aryl methyl sites for hydroxylation is 2. The fourth-order valence-corrected chi connectivity index (χ4v) is 7.21. The molecular weight excluding hydrogens is 691 g/mol. The first-order valence-electron chi connectivity index (χ1n) is 19.0. The zero-order valence-electron chi connectivity index (χ0n) is 32.5. The molecule has 1 aliphatic rings. The van der Waals surface area contributed by atoms with Gasteiger partial charge in [0.25, 0.3) is 0 Å². The van der Waals surface area contributed by atoms with Gasteiger partial charge in [0.1, 0.15) is 17.3 Å². The zero-order valence-corrected chi connectivity index (χ0v) is 32.5. The summed E-state index contributed by atoms with van der Waals surface area (Å²) in [5.41, 5.74) is 9.16. The van der Waals surface area contributed by atoms with Crippen LogP contribution in [0.5, 0.6) is 11.5 Å². The van der Waals surface area contributed by atoms with Gasteiger partial charge in [-0.05, 0) is 67.3 Å². The Morgan fingerprint density at radius 3 is 1.93 bits per heavy atom. The van der Waals surface area contributed by atoms with Crippen LogP contribution in [-0.2, 0) is 5.41 Å². The highest BCUT2D eigenvalue weighted by atomic mass is 16.5. The molecule has 0 aliphatic carbocycles. The third kappa shape index (κ3) is 6.64. The fourth-order valence-electron chi connectivity index (χ4n) is 7.21. The van der Waals surface area contributed by atoms with E-state index < -0.39 is 0 Å². The van der Waals surface area contributed by atoms with Crippen molar-refractivity contribution in [3.63, 3.8) is 0 Å². The summed E-state index contributed by atoms with van der Waals surface area (Å²) in [6.07, 6.45) is 5.99. The van der Waals surface area contributed by atoms with Crippen LogP contribution in [0.1, 0.15) is 37.5 Å². The number of benzene rings is 5. The molecule has 0 spiro atoms. The van der Waals surface area contributed by atoms with Gasteiger partial charge in [-0.25, -0.2) is 19.9 Å². The summed E-state index contributed by atoms with van der Waals surface area (Å²) < 4.78 is 9.21. The number of nitrogens with zero attached hydrogens (tertiary/aromatic N) is 7. The summed E-state index contributed by atoms with van der Waals surface area (Å²) in [4.78, 5) is 24.6. The molecule has 276 valence electrons. The van der Waals surface area contributed by atoms with E-state index in [1.807, 2.05) is 36.5 Å². The molecule has 8 aromatic rings. The molecule has 0 saturated carbocycles. The maximum absolute atomic E-state index is 6.99. The summed E-state index contributed by atoms with van der Waals surface area (Å²) in [6.45, 7) is 11.7. The maximum Gasteiger partial charge on any atom is 0.167 e. The van der Waals surface area contributed by atoms with Gasteiger partial charge in [-0.2, -0.15) is 0 Å². The summed E-state index contributed by atoms with van der Waals surface area (Å²) in [7, 11) is 2.06. The molecule has 9 rings (SSSR count). The molecule has 0 atom stereocenters. The molecule has 0 radical (unpaired) electrons. The van der Waals surface area contributed by atoms with Crippen molar-refractivity contribution >= 4 is 27.5 Å². The monoisotopic (exact) mass is 733 g/mol. The van der Waals surface area contributed by atoms with E-state index in [-0.39, 0.29) is 5.41 Å². The van der Waals surface area contributed by atoms with E-state index in [2.05, 4.69) is 159 Å². The number of ether oxygens (including phenoxy) is 1. The highest BCUT2D eigenvalue weighted by molar-refractivity contribution is 6.11. The van der Waals surface area contributed by atoms with Crippen LogP contribution in [0.15, 0.2) is 140 Å². The topological polar surface area (TPSA) is 72.2 Å². The second kappa shape index (κ2) is 13.8. The molecule has 0 saturated heterocycles. The number of hydrogen-bond acceptors (Lipinski definition) is 7. The Balaban J connectivity index is 1.32. The van der Waals surface area contributed by atoms with Gasteiger partial charge in [-0.15, -0.1) is 0 Å². The molecule has 4 heterocycles. The Hall–Kier alpha value is -6.80. The second-order valence-corrected chi connectivity index (χ2v) is 15.7. The van der Waals surface area contributed by atoms with Gasteiger partial charge in [0.15, 0.2) is 17.5 Å². The SMILES string of the molecule is Cc1ccc(-c2nc(-c3ccc(C)cc3)nc(-c3cc4c5cc(C(C)(C)C)ccc5n(-c5ccccn5)c4cc3Oc3cccc(N4C=CN(C)C4)c3)n2)cc1. The lowest BCUT2D eigenvalue weighted by Crippen LogP contribution is -2.21. The molecule has 8 heteroatoms. The van der Waals surface area contributed by atoms with Gasteiger partial charge < -0.3 is 14.5 Å². The molecule has 0 bridgehead atoms. The number of rotatable bonds is 7. The number of aromatic nitrogens is 5. The molecule has 8 nitrogen and oxygen atoms in total. The number of pyridine rings is 1. The van der Waals surface area contributed by atoms with E-state index in [1.165, 1.54) is 16.7 Å². The Kier molecular flexibility index (Phi) is 8.61. The lowest BCUT2D eigenvalue weighted by Gasteiger charge is -2.19. The molecule has 3 aromatic heterocycles. The van der Waals surface area contributed by atoms with Crippen LogP contribution >= 0.6 is 0 Å². The van der Waals surface area contributed by atoms with Gasteiger partial charge in [-0.3, -0.25) is 4.57 Å². The first-order chi connectivity index (χ1) is 27.1. The van der Waals surface area contributed by atoms with Crippen molar-refractivity contribution in [1.29, 1.82) is 0 Å². The number of hydrogen-bond donors (Lipinski definition) is 0. The first-order valence-corrected chi connectivity index (χ1v) is 19.0. The van der Waals surface area contributed by atoms with E-state index in [4.69, 9.17) is 24.7 Å². The van der Waals surface area contributed by atoms with Gasteiger partial charge in [0, 0.05) is 65.4 Å². The van der Waals surface area contributed by atoms with E-state index in [9.17, 15) is 0 Å². The largest absolute Gasteiger partial charge is 0.456 e. The molecule has 0 amide bonds. The molecule has 56 heavy (non-hydrogen) atoms. The first kappa shape index (κ1) is 34.9. The minimum absolute atomic E-state index is 0.0517. The maximum atomic E-state index is 6.99. The summed E-state index contributed by atoms with van der Waals surface area (Å²) in [5.74, 6) is 3.85. The number of fused-ring (bicyclic) bond motifs is 3. The van der Waals surface area contributed by atoms with Crippen molar-refractivity contribution in [1.82, 2.24) is 29.4 Å². The summed E-state index contributed by atoms with van der Waals surface area (Å²) in [6, 6.07) is 41.9. The zero-order chi connectivity index (χ0) is 38.6. The standard InChI is InChI=1S/C48H43N7O/c1-31-13-17-33(18-14-31)45-50-46(34-19-15-32(2)16-20-34)52-47(51-45)40-28-39-38-26-35(48(3,4)5)21-22-41(38)55(44-12-7-8-23-49-44)42(39)29-43(40)56-37-11-9-10-36(27-37)54-25-24-53(6)30-54/h7-29H,30H2,1-6H3. The highest BCUT2D eigenvalue weighted by Gasteiger charge is 2.24. The smallest absolute Gasteiger partial charge is 0.167 e. The lowest BCUT2D eigenvalue weighted by atomic mass is 9.86.